The van der Waals surface area contributed by atoms with Crippen molar-refractivity contribution < 1.29 is 0 Å². The van der Waals surface area contributed by atoms with Gasteiger partial charge in [-0.15, -0.1) is 0 Å². The molecule has 0 saturated carbocycles. The van der Waals surface area contributed by atoms with Gasteiger partial charge in [-0.25, -0.2) is 9.78 Å². The minimum Gasteiger partial charge on any atom is -0.313 e. The van der Waals surface area contributed by atoms with Gasteiger partial charge in [0.05, 0.1) is 0 Å². The number of thioether (sulfide) groups is 1. The number of hydrogen-bond acceptors (Lipinski definition) is 4. The van der Waals surface area contributed by atoms with Gasteiger partial charge in [0, 0.05) is 20.6 Å². The standard InChI is InChI=1S/C11H16N4O2S/c1-5-6-15-7-8(12-10(15)18-4)13(2)11(17)14(3)9(7)16/h5-6H2,1-4H3. The number of fused-ring (bicyclic) bond motifs is 1. The average molecular weight is 268 g/mol. The highest BCUT2D eigenvalue weighted by atomic mass is 32.2. The van der Waals surface area contributed by atoms with Crippen LogP contribution in [0.25, 0.3) is 11.2 Å². The molecule has 0 aromatic carbocycles. The number of rotatable bonds is 3. The van der Waals surface area contributed by atoms with Gasteiger partial charge in [-0.05, 0) is 12.7 Å². The van der Waals surface area contributed by atoms with E-state index in [-0.39, 0.29) is 11.2 Å². The van der Waals surface area contributed by atoms with Crippen molar-refractivity contribution in [3.8, 4) is 0 Å². The molecular weight excluding hydrogens is 252 g/mol. The molecule has 0 aliphatic carbocycles. The summed E-state index contributed by atoms with van der Waals surface area (Å²) in [7, 11) is 3.13. The normalized spacial score (nSPS) is 11.3. The van der Waals surface area contributed by atoms with Crippen molar-refractivity contribution in [2.45, 2.75) is 25.0 Å². The lowest BCUT2D eigenvalue weighted by atomic mass is 10.4. The first-order valence-electron chi connectivity index (χ1n) is 5.73. The Kier molecular flexibility index (Phi) is 3.34. The Morgan fingerprint density at radius 1 is 1.22 bits per heavy atom. The summed E-state index contributed by atoms with van der Waals surface area (Å²) in [5.41, 5.74) is 0.336. The molecule has 7 heteroatoms. The van der Waals surface area contributed by atoms with Gasteiger partial charge >= 0.3 is 5.69 Å². The van der Waals surface area contributed by atoms with Crippen molar-refractivity contribution >= 4 is 22.9 Å². The van der Waals surface area contributed by atoms with E-state index < -0.39 is 0 Å². The van der Waals surface area contributed by atoms with E-state index in [2.05, 4.69) is 4.98 Å². The van der Waals surface area contributed by atoms with Crippen LogP contribution in [0.5, 0.6) is 0 Å². The van der Waals surface area contributed by atoms with Gasteiger partial charge in [-0.1, -0.05) is 18.7 Å². The van der Waals surface area contributed by atoms with Crippen LogP contribution >= 0.6 is 11.8 Å². The van der Waals surface area contributed by atoms with Crippen LogP contribution in [-0.4, -0.2) is 24.9 Å². The molecule has 18 heavy (non-hydrogen) atoms. The van der Waals surface area contributed by atoms with Crippen molar-refractivity contribution in [1.82, 2.24) is 18.7 Å². The molecule has 98 valence electrons. The minimum absolute atomic E-state index is 0.283. The van der Waals surface area contributed by atoms with Crippen LogP contribution in [0.3, 0.4) is 0 Å². The first kappa shape index (κ1) is 12.9. The Morgan fingerprint density at radius 3 is 2.44 bits per heavy atom. The molecule has 2 heterocycles. The van der Waals surface area contributed by atoms with E-state index in [1.807, 2.05) is 17.7 Å². The minimum atomic E-state index is -0.346. The Balaban J connectivity index is 3.00. The third kappa shape index (κ3) is 1.69. The summed E-state index contributed by atoms with van der Waals surface area (Å²) in [6.45, 7) is 2.77. The average Bonchev–Trinajstić information content (AvgIpc) is 2.73. The molecule has 0 radical (unpaired) electrons. The third-order valence-corrected chi connectivity index (χ3v) is 3.62. The number of nitrogens with zero attached hydrogens (tertiary/aromatic N) is 4. The lowest BCUT2D eigenvalue weighted by Gasteiger charge is -2.06. The fourth-order valence-electron chi connectivity index (χ4n) is 2.01. The molecule has 0 aliphatic heterocycles. The van der Waals surface area contributed by atoms with Gasteiger partial charge in [0.15, 0.2) is 16.3 Å². The largest absolute Gasteiger partial charge is 0.332 e. The zero-order valence-corrected chi connectivity index (χ0v) is 11.7. The van der Waals surface area contributed by atoms with Crippen LogP contribution < -0.4 is 11.2 Å². The molecule has 0 bridgehead atoms. The molecule has 2 rings (SSSR count). The maximum atomic E-state index is 12.2. The van der Waals surface area contributed by atoms with Crippen molar-refractivity contribution in [2.24, 2.45) is 14.1 Å². The van der Waals surface area contributed by atoms with Crippen LogP contribution in [-0.2, 0) is 20.6 Å². The Labute approximate surface area is 108 Å². The maximum Gasteiger partial charge on any atom is 0.332 e. The second-order valence-electron chi connectivity index (χ2n) is 4.13. The summed E-state index contributed by atoms with van der Waals surface area (Å²) in [5, 5.41) is 0.769. The van der Waals surface area contributed by atoms with E-state index in [1.54, 1.807) is 7.05 Å². The van der Waals surface area contributed by atoms with Crippen molar-refractivity contribution in [2.75, 3.05) is 6.26 Å². The number of hydrogen-bond donors (Lipinski definition) is 0. The van der Waals surface area contributed by atoms with E-state index in [0.29, 0.717) is 11.2 Å². The summed E-state index contributed by atoms with van der Waals surface area (Å²) in [6.07, 6.45) is 2.82. The summed E-state index contributed by atoms with van der Waals surface area (Å²) in [6, 6.07) is 0. The van der Waals surface area contributed by atoms with Gasteiger partial charge in [-0.3, -0.25) is 13.9 Å². The van der Waals surface area contributed by atoms with Crippen molar-refractivity contribution in [3.63, 3.8) is 0 Å². The number of imidazole rings is 1. The fourth-order valence-corrected chi connectivity index (χ4v) is 2.59. The zero-order valence-electron chi connectivity index (χ0n) is 10.9. The Morgan fingerprint density at radius 2 is 1.89 bits per heavy atom. The maximum absolute atomic E-state index is 12.2. The predicted molar refractivity (Wildman–Crippen MR) is 72.3 cm³/mol. The summed E-state index contributed by atoms with van der Waals surface area (Å²) in [5.74, 6) is 0. The fraction of sp³-hybridized carbons (Fsp3) is 0.545. The monoisotopic (exact) mass is 268 g/mol. The highest BCUT2D eigenvalue weighted by Gasteiger charge is 2.17. The Hall–Kier alpha value is -1.50. The quantitative estimate of drug-likeness (QED) is 0.763. The number of aromatic nitrogens is 4. The van der Waals surface area contributed by atoms with Crippen LogP contribution in [0.15, 0.2) is 14.7 Å². The van der Waals surface area contributed by atoms with Gasteiger partial charge < -0.3 is 4.57 Å². The van der Waals surface area contributed by atoms with E-state index in [4.69, 9.17) is 0 Å². The van der Waals surface area contributed by atoms with Crippen LogP contribution in [0.4, 0.5) is 0 Å². The SMILES string of the molecule is CCCn1c(SC)nc2c1c(=O)n(C)c(=O)n2C. The summed E-state index contributed by atoms with van der Waals surface area (Å²) >= 11 is 1.48. The second-order valence-corrected chi connectivity index (χ2v) is 4.90. The lowest BCUT2D eigenvalue weighted by molar-refractivity contribution is 0.632. The molecule has 0 unspecified atom stereocenters. The van der Waals surface area contributed by atoms with E-state index >= 15 is 0 Å². The molecule has 0 spiro atoms. The van der Waals surface area contributed by atoms with Crippen LogP contribution in [0.1, 0.15) is 13.3 Å². The molecule has 0 aliphatic rings. The first-order valence-corrected chi connectivity index (χ1v) is 6.95. The first-order chi connectivity index (χ1) is 8.52. The van der Waals surface area contributed by atoms with E-state index in [0.717, 1.165) is 22.7 Å². The molecule has 2 aromatic heterocycles. The smallest absolute Gasteiger partial charge is 0.313 e. The van der Waals surface area contributed by atoms with Gasteiger partial charge in [0.2, 0.25) is 0 Å². The highest BCUT2D eigenvalue weighted by Crippen LogP contribution is 2.19. The molecule has 0 amide bonds. The molecule has 0 N–H and O–H groups in total. The molecule has 0 saturated heterocycles. The van der Waals surface area contributed by atoms with Crippen molar-refractivity contribution in [1.29, 1.82) is 0 Å². The second kappa shape index (κ2) is 4.64. The van der Waals surface area contributed by atoms with Gasteiger partial charge in [-0.2, -0.15) is 0 Å². The molecular formula is C11H16N4O2S. The molecule has 2 aromatic rings. The topological polar surface area (TPSA) is 61.8 Å². The summed E-state index contributed by atoms with van der Waals surface area (Å²) in [4.78, 5) is 28.4. The Bertz CT molecular complexity index is 710. The molecule has 0 atom stereocenters. The number of aryl methyl sites for hydroxylation is 2. The van der Waals surface area contributed by atoms with Gasteiger partial charge in [0.1, 0.15) is 0 Å². The van der Waals surface area contributed by atoms with E-state index in [1.165, 1.54) is 23.4 Å². The van der Waals surface area contributed by atoms with E-state index in [9.17, 15) is 9.59 Å². The van der Waals surface area contributed by atoms with Crippen LogP contribution in [0, 0.1) is 0 Å². The molecule has 0 fully saturated rings. The third-order valence-electron chi connectivity index (χ3n) is 2.94. The zero-order chi connectivity index (χ0) is 13.4. The highest BCUT2D eigenvalue weighted by molar-refractivity contribution is 7.98. The molecule has 6 nitrogen and oxygen atoms in total. The van der Waals surface area contributed by atoms with Gasteiger partial charge in [0.25, 0.3) is 5.56 Å². The van der Waals surface area contributed by atoms with Crippen molar-refractivity contribution in [3.05, 3.63) is 20.8 Å². The predicted octanol–water partition coefficient (Wildman–Crippen LogP) is 0.566. The summed E-state index contributed by atoms with van der Waals surface area (Å²) < 4.78 is 4.44. The van der Waals surface area contributed by atoms with Crippen LogP contribution in [0.2, 0.25) is 0 Å². The lowest BCUT2D eigenvalue weighted by Crippen LogP contribution is -2.37.